The second-order valence-corrected chi connectivity index (χ2v) is 9.21. The van der Waals surface area contributed by atoms with Crippen LogP contribution in [0.1, 0.15) is 67.9 Å². The van der Waals surface area contributed by atoms with Crippen LogP contribution in [0.3, 0.4) is 0 Å². The van der Waals surface area contributed by atoms with E-state index in [-0.39, 0.29) is 11.6 Å². The van der Waals surface area contributed by atoms with Crippen LogP contribution in [0, 0.1) is 5.92 Å². The fraction of sp³-hybridized carbons (Fsp3) is 0.455. The van der Waals surface area contributed by atoms with Gasteiger partial charge in [0.2, 0.25) is 0 Å². The molecule has 0 amide bonds. The molecule has 1 aliphatic rings. The lowest BCUT2D eigenvalue weighted by Gasteiger charge is -2.17. The lowest BCUT2D eigenvalue weighted by Crippen LogP contribution is -2.18. The van der Waals surface area contributed by atoms with Gasteiger partial charge in [0.1, 0.15) is 10.7 Å². The monoisotopic (exact) mass is 381 g/mol. The van der Waals surface area contributed by atoms with Crippen LogP contribution in [0.15, 0.2) is 29.1 Å². The smallest absolute Gasteiger partial charge is 0.259 e. The molecule has 3 aromatic rings. The van der Waals surface area contributed by atoms with E-state index in [0.29, 0.717) is 17.7 Å². The molecule has 0 fully saturated rings. The molecular weight excluding hydrogens is 354 g/mol. The molecule has 0 bridgehead atoms. The SMILES string of the molecule is CC(C)c1ccc(N[C@@H](C)c2nc3sc4c(c3c(=O)[nH]2)CC[C@H](C)C4)cc1. The molecule has 4 rings (SSSR count). The van der Waals surface area contributed by atoms with Crippen molar-refractivity contribution in [2.45, 2.75) is 58.9 Å². The predicted octanol–water partition coefficient (Wildman–Crippen LogP) is 5.41. The van der Waals surface area contributed by atoms with Crippen molar-refractivity contribution in [3.05, 3.63) is 56.4 Å². The number of hydrogen-bond donors (Lipinski definition) is 2. The van der Waals surface area contributed by atoms with Gasteiger partial charge in [-0.3, -0.25) is 4.79 Å². The Balaban J connectivity index is 1.62. The minimum absolute atomic E-state index is 0.00542. The normalized spacial score (nSPS) is 17.9. The standard InChI is InChI=1S/C22H27N3OS/c1-12(2)15-6-8-16(9-7-15)23-14(4)20-24-21(26)19-17-10-5-13(3)11-18(17)27-22(19)25-20/h6-9,12-14,23H,5,10-11H2,1-4H3,(H,24,25,26)/t13-,14-/m0/s1. The van der Waals surface area contributed by atoms with Crippen LogP contribution in [0.2, 0.25) is 0 Å². The summed E-state index contributed by atoms with van der Waals surface area (Å²) in [6.45, 7) is 8.70. The summed E-state index contributed by atoms with van der Waals surface area (Å²) in [5.74, 6) is 1.91. The summed E-state index contributed by atoms with van der Waals surface area (Å²) in [6.07, 6.45) is 3.22. The first-order chi connectivity index (χ1) is 12.9. The highest BCUT2D eigenvalue weighted by molar-refractivity contribution is 7.18. The molecule has 27 heavy (non-hydrogen) atoms. The minimum Gasteiger partial charge on any atom is -0.375 e. The third kappa shape index (κ3) is 3.53. The van der Waals surface area contributed by atoms with Gasteiger partial charge in [-0.1, -0.05) is 32.9 Å². The van der Waals surface area contributed by atoms with Gasteiger partial charge in [-0.25, -0.2) is 4.98 Å². The molecule has 5 heteroatoms. The highest BCUT2D eigenvalue weighted by Gasteiger charge is 2.23. The lowest BCUT2D eigenvalue weighted by molar-refractivity contribution is 0.509. The van der Waals surface area contributed by atoms with Gasteiger partial charge in [0.25, 0.3) is 5.56 Å². The van der Waals surface area contributed by atoms with E-state index in [9.17, 15) is 4.79 Å². The van der Waals surface area contributed by atoms with Gasteiger partial charge < -0.3 is 10.3 Å². The molecular formula is C22H27N3OS. The molecule has 2 aromatic heterocycles. The number of aromatic amines is 1. The van der Waals surface area contributed by atoms with Gasteiger partial charge in [0.05, 0.1) is 11.4 Å². The van der Waals surface area contributed by atoms with Crippen LogP contribution in [-0.2, 0) is 12.8 Å². The summed E-state index contributed by atoms with van der Waals surface area (Å²) in [5, 5.41) is 4.28. The Kier molecular flexibility index (Phi) is 4.81. The Labute approximate surface area is 164 Å². The molecule has 0 spiro atoms. The number of hydrogen-bond acceptors (Lipinski definition) is 4. The fourth-order valence-electron chi connectivity index (χ4n) is 3.85. The third-order valence-electron chi connectivity index (χ3n) is 5.55. The molecule has 0 radical (unpaired) electrons. The second-order valence-electron chi connectivity index (χ2n) is 8.13. The lowest BCUT2D eigenvalue weighted by atomic mass is 9.89. The van der Waals surface area contributed by atoms with Crippen LogP contribution in [0.5, 0.6) is 0 Å². The van der Waals surface area contributed by atoms with Crippen molar-refractivity contribution < 1.29 is 0 Å². The molecule has 2 atom stereocenters. The zero-order chi connectivity index (χ0) is 19.1. The molecule has 0 saturated heterocycles. The number of anilines is 1. The van der Waals surface area contributed by atoms with Crippen LogP contribution in [0.25, 0.3) is 10.2 Å². The number of aromatic nitrogens is 2. The first kappa shape index (κ1) is 18.2. The zero-order valence-corrected chi connectivity index (χ0v) is 17.2. The quantitative estimate of drug-likeness (QED) is 0.635. The van der Waals surface area contributed by atoms with E-state index < -0.39 is 0 Å². The van der Waals surface area contributed by atoms with E-state index in [2.05, 4.69) is 55.3 Å². The van der Waals surface area contributed by atoms with E-state index in [4.69, 9.17) is 4.98 Å². The number of fused-ring (bicyclic) bond motifs is 3. The molecule has 2 heterocycles. The van der Waals surface area contributed by atoms with Crippen molar-refractivity contribution in [2.24, 2.45) is 5.92 Å². The zero-order valence-electron chi connectivity index (χ0n) is 16.4. The minimum atomic E-state index is -0.0648. The van der Waals surface area contributed by atoms with Crippen molar-refractivity contribution >= 4 is 27.2 Å². The largest absolute Gasteiger partial charge is 0.375 e. The third-order valence-corrected chi connectivity index (χ3v) is 6.70. The number of aryl methyl sites for hydroxylation is 1. The van der Waals surface area contributed by atoms with Crippen LogP contribution < -0.4 is 10.9 Å². The van der Waals surface area contributed by atoms with E-state index in [0.717, 1.165) is 35.2 Å². The molecule has 0 aliphatic heterocycles. The predicted molar refractivity (Wildman–Crippen MR) is 114 cm³/mol. The van der Waals surface area contributed by atoms with E-state index >= 15 is 0 Å². The second kappa shape index (κ2) is 7.12. The number of H-pyrrole nitrogens is 1. The molecule has 1 aliphatic carbocycles. The Morgan fingerprint density at radius 3 is 2.67 bits per heavy atom. The first-order valence-electron chi connectivity index (χ1n) is 9.83. The van der Waals surface area contributed by atoms with Crippen molar-refractivity contribution in [3.63, 3.8) is 0 Å². The molecule has 0 unspecified atom stereocenters. The van der Waals surface area contributed by atoms with Gasteiger partial charge in [-0.15, -0.1) is 11.3 Å². The molecule has 1 aromatic carbocycles. The maximum atomic E-state index is 12.8. The highest BCUT2D eigenvalue weighted by atomic mass is 32.1. The number of nitrogens with one attached hydrogen (secondary N) is 2. The summed E-state index contributed by atoms with van der Waals surface area (Å²) in [7, 11) is 0. The average molecular weight is 382 g/mol. The number of thiophene rings is 1. The maximum absolute atomic E-state index is 12.8. The molecule has 2 N–H and O–H groups in total. The molecule has 0 saturated carbocycles. The Bertz CT molecular complexity index is 1020. The maximum Gasteiger partial charge on any atom is 0.259 e. The molecule has 4 nitrogen and oxygen atoms in total. The Morgan fingerprint density at radius 1 is 1.22 bits per heavy atom. The van der Waals surface area contributed by atoms with E-state index in [1.54, 1.807) is 11.3 Å². The van der Waals surface area contributed by atoms with Crippen molar-refractivity contribution in [1.29, 1.82) is 0 Å². The Morgan fingerprint density at radius 2 is 1.96 bits per heavy atom. The number of nitrogens with zero attached hydrogens (tertiary/aromatic N) is 1. The van der Waals surface area contributed by atoms with Crippen molar-refractivity contribution in [3.8, 4) is 0 Å². The van der Waals surface area contributed by atoms with Crippen molar-refractivity contribution in [1.82, 2.24) is 9.97 Å². The molecule has 142 valence electrons. The van der Waals surface area contributed by atoms with E-state index in [1.165, 1.54) is 16.0 Å². The fourth-order valence-corrected chi connectivity index (χ4v) is 5.24. The first-order valence-corrected chi connectivity index (χ1v) is 10.6. The summed E-state index contributed by atoms with van der Waals surface area (Å²) in [5.41, 5.74) is 3.60. The summed E-state index contributed by atoms with van der Waals surface area (Å²) in [4.78, 5) is 22.8. The topological polar surface area (TPSA) is 57.8 Å². The summed E-state index contributed by atoms with van der Waals surface area (Å²) in [6, 6.07) is 8.41. The van der Waals surface area contributed by atoms with E-state index in [1.807, 2.05) is 6.92 Å². The van der Waals surface area contributed by atoms with Crippen LogP contribution in [0.4, 0.5) is 5.69 Å². The number of rotatable bonds is 4. The van der Waals surface area contributed by atoms with Gasteiger partial charge in [-0.05, 0) is 61.3 Å². The average Bonchev–Trinajstić information content (AvgIpc) is 2.99. The van der Waals surface area contributed by atoms with Gasteiger partial charge in [0, 0.05) is 10.6 Å². The van der Waals surface area contributed by atoms with Crippen molar-refractivity contribution in [2.75, 3.05) is 5.32 Å². The summed E-state index contributed by atoms with van der Waals surface area (Å²) >= 11 is 1.70. The highest BCUT2D eigenvalue weighted by Crippen LogP contribution is 2.36. The van der Waals surface area contributed by atoms with Crippen LogP contribution >= 0.6 is 11.3 Å². The summed E-state index contributed by atoms with van der Waals surface area (Å²) < 4.78 is 0. The van der Waals surface area contributed by atoms with Gasteiger partial charge >= 0.3 is 0 Å². The number of benzene rings is 1. The van der Waals surface area contributed by atoms with Gasteiger partial charge in [0.15, 0.2) is 0 Å². The van der Waals surface area contributed by atoms with Gasteiger partial charge in [-0.2, -0.15) is 0 Å². The Hall–Kier alpha value is -2.14. The van der Waals surface area contributed by atoms with Crippen LogP contribution in [-0.4, -0.2) is 9.97 Å².